The van der Waals surface area contributed by atoms with Crippen molar-refractivity contribution in [2.24, 2.45) is 0 Å². The molecule has 3 fully saturated rings. The summed E-state index contributed by atoms with van der Waals surface area (Å²) >= 11 is 0. The van der Waals surface area contributed by atoms with E-state index in [1.165, 1.54) is 5.69 Å². The van der Waals surface area contributed by atoms with Gasteiger partial charge in [-0.05, 0) is 37.1 Å². The Balaban J connectivity index is 1.05. The topological polar surface area (TPSA) is 113 Å². The van der Waals surface area contributed by atoms with Gasteiger partial charge in [0.25, 0.3) is 0 Å². The Morgan fingerprint density at radius 1 is 0.950 bits per heavy atom. The average Bonchev–Trinajstić information content (AvgIpc) is 3.44. The number of aliphatic hydroxyl groups is 1. The second-order valence-corrected chi connectivity index (χ2v) is 10.7. The summed E-state index contributed by atoms with van der Waals surface area (Å²) < 4.78 is 22.9. The maximum atomic E-state index is 13.4. The van der Waals surface area contributed by atoms with Gasteiger partial charge in [0, 0.05) is 43.6 Å². The van der Waals surface area contributed by atoms with Crippen molar-refractivity contribution in [2.45, 2.75) is 43.6 Å². The Morgan fingerprint density at radius 3 is 2.58 bits per heavy atom. The first kappa shape index (κ1) is 26.7. The van der Waals surface area contributed by atoms with Crippen molar-refractivity contribution in [3.05, 3.63) is 48.5 Å². The minimum absolute atomic E-state index is 0.0933. The number of fused-ring (bicyclic) bond motifs is 2. The Labute approximate surface area is 233 Å². The predicted octanol–water partition coefficient (Wildman–Crippen LogP) is 2.30. The van der Waals surface area contributed by atoms with E-state index in [0.29, 0.717) is 49.5 Å². The lowest BCUT2D eigenvalue weighted by Gasteiger charge is -2.44. The SMILES string of the molecule is O=C(C[C@H]1CC[C@H]2[C@@H](COC[C@@H](O)CN2C(=O)Nc2ccc3c(c2)OCO3)O1)N1CCN(c2ccccc2)CC1. The van der Waals surface area contributed by atoms with E-state index in [1.54, 1.807) is 23.1 Å². The van der Waals surface area contributed by atoms with Crippen LogP contribution in [-0.2, 0) is 14.3 Å². The summed E-state index contributed by atoms with van der Waals surface area (Å²) in [5.41, 5.74) is 1.75. The Kier molecular flexibility index (Phi) is 7.94. The van der Waals surface area contributed by atoms with Crippen LogP contribution < -0.4 is 19.7 Å². The molecule has 4 aliphatic rings. The van der Waals surface area contributed by atoms with Crippen LogP contribution in [-0.4, -0.2) is 104 Å². The molecule has 214 valence electrons. The van der Waals surface area contributed by atoms with Crippen LogP contribution in [0, 0.1) is 0 Å². The van der Waals surface area contributed by atoms with Gasteiger partial charge in [-0.25, -0.2) is 4.79 Å². The average molecular weight is 553 g/mol. The van der Waals surface area contributed by atoms with Crippen LogP contribution in [0.15, 0.2) is 48.5 Å². The van der Waals surface area contributed by atoms with E-state index in [1.807, 2.05) is 23.1 Å². The minimum Gasteiger partial charge on any atom is -0.454 e. The number of carbonyl (C=O) groups excluding carboxylic acids is 2. The zero-order chi connectivity index (χ0) is 27.5. The summed E-state index contributed by atoms with van der Waals surface area (Å²) in [5, 5.41) is 13.4. The lowest BCUT2D eigenvalue weighted by molar-refractivity contribution is -0.154. The van der Waals surface area contributed by atoms with E-state index in [9.17, 15) is 14.7 Å². The van der Waals surface area contributed by atoms with Crippen LogP contribution in [0.2, 0.25) is 0 Å². The van der Waals surface area contributed by atoms with Crippen molar-refractivity contribution in [3.63, 3.8) is 0 Å². The van der Waals surface area contributed by atoms with Gasteiger partial charge in [-0.1, -0.05) is 18.2 Å². The molecule has 0 aliphatic carbocycles. The highest BCUT2D eigenvalue weighted by molar-refractivity contribution is 5.90. The highest BCUT2D eigenvalue weighted by atomic mass is 16.7. The van der Waals surface area contributed by atoms with Crippen LogP contribution in [0.4, 0.5) is 16.2 Å². The second kappa shape index (κ2) is 11.9. The monoisotopic (exact) mass is 552 g/mol. The Hall–Kier alpha value is -3.54. The number of benzene rings is 2. The molecular formula is C29H36N4O7. The van der Waals surface area contributed by atoms with Crippen LogP contribution in [0.3, 0.4) is 0 Å². The van der Waals surface area contributed by atoms with Gasteiger partial charge < -0.3 is 44.1 Å². The van der Waals surface area contributed by atoms with E-state index in [4.69, 9.17) is 18.9 Å². The van der Waals surface area contributed by atoms with Crippen molar-refractivity contribution in [1.82, 2.24) is 9.80 Å². The first-order chi connectivity index (χ1) is 19.5. The van der Waals surface area contributed by atoms with Crippen molar-refractivity contribution < 1.29 is 33.6 Å². The molecule has 40 heavy (non-hydrogen) atoms. The molecule has 11 nitrogen and oxygen atoms in total. The molecular weight excluding hydrogens is 516 g/mol. The lowest BCUT2D eigenvalue weighted by atomic mass is 9.94. The van der Waals surface area contributed by atoms with Gasteiger partial charge in [-0.15, -0.1) is 0 Å². The fourth-order valence-corrected chi connectivity index (χ4v) is 5.92. The number of hydrogen-bond donors (Lipinski definition) is 2. The van der Waals surface area contributed by atoms with Gasteiger partial charge in [0.15, 0.2) is 11.5 Å². The number of hydrogen-bond acceptors (Lipinski definition) is 8. The molecule has 2 aromatic rings. The summed E-state index contributed by atoms with van der Waals surface area (Å²) in [6.07, 6.45) is 0.151. The molecule has 0 unspecified atom stereocenters. The summed E-state index contributed by atoms with van der Waals surface area (Å²) in [5.74, 6) is 1.30. The number of aliphatic hydroxyl groups excluding tert-OH is 1. The molecule has 11 heteroatoms. The van der Waals surface area contributed by atoms with E-state index in [2.05, 4.69) is 22.3 Å². The van der Waals surface area contributed by atoms with Gasteiger partial charge >= 0.3 is 6.03 Å². The number of carbonyl (C=O) groups is 2. The molecule has 3 amide bonds. The fourth-order valence-electron chi connectivity index (χ4n) is 5.92. The third kappa shape index (κ3) is 5.96. The smallest absolute Gasteiger partial charge is 0.322 e. The number of ether oxygens (including phenoxy) is 4. The van der Waals surface area contributed by atoms with Crippen LogP contribution >= 0.6 is 0 Å². The zero-order valence-electron chi connectivity index (χ0n) is 22.4. The highest BCUT2D eigenvalue weighted by Gasteiger charge is 2.40. The third-order valence-corrected chi connectivity index (χ3v) is 8.02. The van der Waals surface area contributed by atoms with E-state index in [-0.39, 0.29) is 50.6 Å². The molecule has 4 heterocycles. The van der Waals surface area contributed by atoms with E-state index >= 15 is 0 Å². The predicted molar refractivity (Wildman–Crippen MR) is 147 cm³/mol. The second-order valence-electron chi connectivity index (χ2n) is 10.7. The van der Waals surface area contributed by atoms with Crippen molar-refractivity contribution >= 4 is 23.3 Å². The molecule has 2 aromatic carbocycles. The standard InChI is InChI=1S/C29H36N4O7/c34-22-16-33(29(36)30-20-6-9-25-26(14-20)39-19-38-25)24-8-7-23(40-27(24)18-37-17-22)15-28(35)32-12-10-31(11-13-32)21-4-2-1-3-5-21/h1-6,9,14,22-24,27,34H,7-8,10-13,15-19H2,(H,30,36)/t22-,23+,24-,27+/m0/s1. The molecule has 0 aromatic heterocycles. The van der Waals surface area contributed by atoms with Crippen LogP contribution in [0.5, 0.6) is 11.5 Å². The highest BCUT2D eigenvalue weighted by Crippen LogP contribution is 2.35. The number of para-hydroxylation sites is 1. The summed E-state index contributed by atoms with van der Waals surface area (Å²) in [4.78, 5) is 32.4. The number of anilines is 2. The molecule has 0 saturated carbocycles. The molecule has 0 bridgehead atoms. The van der Waals surface area contributed by atoms with Crippen molar-refractivity contribution in [3.8, 4) is 11.5 Å². The number of urea groups is 1. The molecule has 2 N–H and O–H groups in total. The minimum atomic E-state index is -0.808. The number of nitrogens with one attached hydrogen (secondary N) is 1. The van der Waals surface area contributed by atoms with Gasteiger partial charge in [0.2, 0.25) is 12.7 Å². The number of nitrogens with zero attached hydrogens (tertiary/aromatic N) is 3. The molecule has 6 rings (SSSR count). The van der Waals surface area contributed by atoms with Gasteiger partial charge in [-0.3, -0.25) is 4.79 Å². The zero-order valence-corrected chi connectivity index (χ0v) is 22.4. The first-order valence-corrected chi connectivity index (χ1v) is 14.0. The normalized spacial score (nSPS) is 26.5. The number of rotatable bonds is 4. The largest absolute Gasteiger partial charge is 0.454 e. The maximum absolute atomic E-state index is 13.4. The van der Waals surface area contributed by atoms with E-state index < -0.39 is 12.2 Å². The third-order valence-electron chi connectivity index (χ3n) is 8.02. The molecule has 4 aliphatic heterocycles. The Morgan fingerprint density at radius 2 is 1.75 bits per heavy atom. The Bertz CT molecular complexity index is 1190. The summed E-state index contributed by atoms with van der Waals surface area (Å²) in [6.45, 7) is 3.59. The number of piperazine rings is 1. The summed E-state index contributed by atoms with van der Waals surface area (Å²) in [7, 11) is 0. The quantitative estimate of drug-likeness (QED) is 0.594. The molecule has 0 spiro atoms. The van der Waals surface area contributed by atoms with E-state index in [0.717, 1.165) is 13.1 Å². The van der Waals surface area contributed by atoms with Crippen molar-refractivity contribution in [1.29, 1.82) is 0 Å². The van der Waals surface area contributed by atoms with Crippen LogP contribution in [0.1, 0.15) is 19.3 Å². The van der Waals surface area contributed by atoms with Gasteiger partial charge in [-0.2, -0.15) is 0 Å². The number of amides is 3. The lowest BCUT2D eigenvalue weighted by Crippen LogP contribution is -2.58. The first-order valence-electron chi connectivity index (χ1n) is 14.0. The maximum Gasteiger partial charge on any atom is 0.322 e. The summed E-state index contributed by atoms with van der Waals surface area (Å²) in [6, 6.07) is 14.9. The molecule has 4 atom stereocenters. The van der Waals surface area contributed by atoms with Crippen LogP contribution in [0.25, 0.3) is 0 Å². The van der Waals surface area contributed by atoms with Gasteiger partial charge in [0.1, 0.15) is 6.10 Å². The number of β-amino-alcohol motifs (C(OH)–C–C–N with tert-alkyl or cyclic N) is 1. The van der Waals surface area contributed by atoms with Gasteiger partial charge in [0.05, 0.1) is 44.4 Å². The fraction of sp³-hybridized carbons (Fsp3) is 0.517. The molecule has 3 saturated heterocycles. The van der Waals surface area contributed by atoms with Crippen molar-refractivity contribution in [2.75, 3.05) is 62.9 Å². The molecule has 0 radical (unpaired) electrons.